The number of halogens is 4. The molecule has 8 heteroatoms. The predicted octanol–water partition coefficient (Wildman–Crippen LogP) is 3.17. The molecule has 0 saturated carbocycles. The van der Waals surface area contributed by atoms with Gasteiger partial charge in [0.05, 0.1) is 25.3 Å². The van der Waals surface area contributed by atoms with Gasteiger partial charge in [0.1, 0.15) is 18.8 Å². The summed E-state index contributed by atoms with van der Waals surface area (Å²) in [6.07, 6.45) is 2.51. The van der Waals surface area contributed by atoms with Crippen LogP contribution in [0.3, 0.4) is 0 Å². The maximum Gasteiger partial charge on any atom is 0.205 e. The molecule has 1 heterocycles. The molecule has 154 valence electrons. The number of benzene rings is 2. The summed E-state index contributed by atoms with van der Waals surface area (Å²) in [5, 5.41) is 0. The van der Waals surface area contributed by atoms with Gasteiger partial charge in [0.2, 0.25) is 17.4 Å². The molecule has 0 radical (unpaired) electrons. The topological polar surface area (TPSA) is 40.0 Å². The number of ether oxygens (including phenoxy) is 2. The first-order valence-electron chi connectivity index (χ1n) is 9.11. The van der Waals surface area contributed by atoms with Crippen LogP contribution in [0.4, 0.5) is 17.6 Å². The molecule has 1 saturated heterocycles. The van der Waals surface area contributed by atoms with Gasteiger partial charge in [0, 0.05) is 5.56 Å². The Bertz CT molecular complexity index is 894. The number of quaternary nitrogens is 1. The zero-order valence-corrected chi connectivity index (χ0v) is 15.7. The van der Waals surface area contributed by atoms with Crippen LogP contribution in [0.5, 0.6) is 11.5 Å². The third-order valence-corrected chi connectivity index (χ3v) is 4.63. The van der Waals surface area contributed by atoms with Crippen LogP contribution in [0.15, 0.2) is 30.3 Å². The van der Waals surface area contributed by atoms with E-state index in [0.29, 0.717) is 25.3 Å². The van der Waals surface area contributed by atoms with E-state index >= 15 is 0 Å². The second-order valence-electron chi connectivity index (χ2n) is 6.65. The van der Waals surface area contributed by atoms with Gasteiger partial charge in [-0.1, -0.05) is 0 Å². The monoisotopic (exact) mass is 410 g/mol. The van der Waals surface area contributed by atoms with Crippen LogP contribution in [0.25, 0.3) is 6.08 Å². The minimum atomic E-state index is -1.63. The molecule has 2 aromatic carbocycles. The molecule has 1 N–H and O–H groups in total. The third-order valence-electron chi connectivity index (χ3n) is 4.63. The van der Waals surface area contributed by atoms with Gasteiger partial charge in [0.15, 0.2) is 17.4 Å². The average Bonchev–Trinajstić information content (AvgIpc) is 2.73. The van der Waals surface area contributed by atoms with Crippen molar-refractivity contribution in [1.29, 1.82) is 0 Å². The lowest BCUT2D eigenvalue weighted by molar-refractivity contribution is -0.902. The van der Waals surface area contributed by atoms with E-state index in [0.717, 1.165) is 24.1 Å². The molecule has 1 fully saturated rings. The first-order valence-corrected chi connectivity index (χ1v) is 9.11. The number of carbonyl (C=O) groups is 1. The van der Waals surface area contributed by atoms with Crippen LogP contribution in [0.2, 0.25) is 0 Å². The fourth-order valence-corrected chi connectivity index (χ4v) is 2.95. The molecule has 2 aromatic rings. The second-order valence-corrected chi connectivity index (χ2v) is 6.65. The standard InChI is InChI=1S/C21H19F4NO3/c1-13(27)14-4-6-15(7-5-14)29-21-19(24)17(22)16(18(23)20(21)25)3-2-8-26-9-11-28-12-10-26/h2-7H,8-12H2,1H3/p+1/b3-2+. The second kappa shape index (κ2) is 9.19. The summed E-state index contributed by atoms with van der Waals surface area (Å²) in [6, 6.07) is 5.32. The number of rotatable bonds is 6. The van der Waals surface area contributed by atoms with Crippen molar-refractivity contribution in [2.75, 3.05) is 32.8 Å². The van der Waals surface area contributed by atoms with Gasteiger partial charge in [-0.2, -0.15) is 8.78 Å². The number of hydrogen-bond acceptors (Lipinski definition) is 3. The maximum atomic E-state index is 14.4. The Kier molecular flexibility index (Phi) is 6.66. The van der Waals surface area contributed by atoms with Crippen LogP contribution in [-0.2, 0) is 4.74 Å². The highest BCUT2D eigenvalue weighted by molar-refractivity contribution is 5.94. The third kappa shape index (κ3) is 4.83. The Morgan fingerprint density at radius 1 is 1.03 bits per heavy atom. The Labute approximate surface area is 165 Å². The quantitative estimate of drug-likeness (QED) is 0.452. The predicted molar refractivity (Wildman–Crippen MR) is 98.2 cm³/mol. The van der Waals surface area contributed by atoms with Gasteiger partial charge in [-0.05, 0) is 43.3 Å². The molecule has 0 bridgehead atoms. The smallest absolute Gasteiger partial charge is 0.205 e. The van der Waals surface area contributed by atoms with E-state index in [1.807, 2.05) is 0 Å². The highest BCUT2D eigenvalue weighted by atomic mass is 19.2. The summed E-state index contributed by atoms with van der Waals surface area (Å²) < 4.78 is 67.7. The summed E-state index contributed by atoms with van der Waals surface area (Å²) in [7, 11) is 0. The molecule has 0 spiro atoms. The molecule has 0 atom stereocenters. The van der Waals surface area contributed by atoms with Crippen LogP contribution >= 0.6 is 0 Å². The van der Waals surface area contributed by atoms with Crippen molar-refractivity contribution in [2.45, 2.75) is 6.92 Å². The minimum absolute atomic E-state index is 0.0641. The van der Waals surface area contributed by atoms with E-state index in [4.69, 9.17) is 9.47 Å². The van der Waals surface area contributed by atoms with Gasteiger partial charge < -0.3 is 14.4 Å². The molecular weight excluding hydrogens is 390 g/mol. The first-order chi connectivity index (χ1) is 13.9. The van der Waals surface area contributed by atoms with E-state index < -0.39 is 34.6 Å². The van der Waals surface area contributed by atoms with Crippen LogP contribution < -0.4 is 9.64 Å². The normalized spacial score (nSPS) is 15.1. The summed E-state index contributed by atoms with van der Waals surface area (Å²) in [4.78, 5) is 12.4. The van der Waals surface area contributed by atoms with Crippen LogP contribution in [0.1, 0.15) is 22.8 Å². The number of hydrogen-bond donors (Lipinski definition) is 1. The number of ketones is 1. The van der Waals surface area contributed by atoms with Crippen molar-refractivity contribution in [3.63, 3.8) is 0 Å². The largest absolute Gasteiger partial charge is 0.451 e. The van der Waals surface area contributed by atoms with E-state index in [1.54, 1.807) is 0 Å². The molecule has 0 amide bonds. The molecular formula is C21H20F4NO3+. The fraction of sp³-hybridized carbons (Fsp3) is 0.286. The van der Waals surface area contributed by atoms with Crippen LogP contribution in [0, 0.1) is 23.3 Å². The summed E-state index contributed by atoms with van der Waals surface area (Å²) in [5.41, 5.74) is -0.439. The molecule has 29 heavy (non-hydrogen) atoms. The van der Waals surface area contributed by atoms with Gasteiger partial charge in [-0.15, -0.1) is 0 Å². The van der Waals surface area contributed by atoms with Gasteiger partial charge in [0.25, 0.3) is 0 Å². The van der Waals surface area contributed by atoms with Gasteiger partial charge >= 0.3 is 0 Å². The molecule has 4 nitrogen and oxygen atoms in total. The fourth-order valence-electron chi connectivity index (χ4n) is 2.95. The van der Waals surface area contributed by atoms with E-state index in [2.05, 4.69) is 0 Å². The first kappa shape index (κ1) is 21.0. The molecule has 1 aliphatic heterocycles. The molecule has 0 aliphatic carbocycles. The lowest BCUT2D eigenvalue weighted by atomic mass is 10.1. The van der Waals surface area contributed by atoms with E-state index in [1.165, 1.54) is 37.3 Å². The molecule has 0 unspecified atom stereocenters. The lowest BCUT2D eigenvalue weighted by Gasteiger charge is -2.22. The Morgan fingerprint density at radius 2 is 1.62 bits per heavy atom. The molecule has 3 rings (SSSR count). The van der Waals surface area contributed by atoms with Crippen molar-refractivity contribution >= 4 is 11.9 Å². The summed E-state index contributed by atoms with van der Waals surface area (Å²) in [6.45, 7) is 4.47. The van der Waals surface area contributed by atoms with Crippen molar-refractivity contribution < 1.29 is 36.7 Å². The van der Waals surface area contributed by atoms with Gasteiger partial charge in [-0.25, -0.2) is 8.78 Å². The Balaban J connectivity index is 1.82. The number of nitrogens with one attached hydrogen (secondary N) is 1. The SMILES string of the molecule is CC(=O)c1ccc(Oc2c(F)c(F)c(/C=C/C[NH+]3CCOCC3)c(F)c2F)cc1. The van der Waals surface area contributed by atoms with Crippen molar-refractivity contribution in [3.8, 4) is 11.5 Å². The average molecular weight is 410 g/mol. The van der Waals surface area contributed by atoms with E-state index in [9.17, 15) is 22.4 Å². The van der Waals surface area contributed by atoms with Crippen molar-refractivity contribution in [2.24, 2.45) is 0 Å². The number of Topliss-reactive ketones (excluding diaryl/α,β-unsaturated/α-hetero) is 1. The maximum absolute atomic E-state index is 14.4. The Hall–Kier alpha value is -2.71. The zero-order chi connectivity index (χ0) is 21.0. The number of carbonyl (C=O) groups excluding carboxylic acids is 1. The van der Waals surface area contributed by atoms with Crippen LogP contribution in [-0.4, -0.2) is 38.6 Å². The van der Waals surface area contributed by atoms with Crippen molar-refractivity contribution in [1.82, 2.24) is 0 Å². The summed E-state index contributed by atoms with van der Waals surface area (Å²) in [5.74, 6) is -7.77. The lowest BCUT2D eigenvalue weighted by Crippen LogP contribution is -3.13. The summed E-state index contributed by atoms with van der Waals surface area (Å²) >= 11 is 0. The molecule has 1 aliphatic rings. The molecule has 0 aromatic heterocycles. The van der Waals surface area contributed by atoms with E-state index in [-0.39, 0.29) is 11.5 Å². The van der Waals surface area contributed by atoms with Crippen molar-refractivity contribution in [3.05, 3.63) is 64.7 Å². The zero-order valence-electron chi connectivity index (χ0n) is 15.7. The van der Waals surface area contributed by atoms with Gasteiger partial charge in [-0.3, -0.25) is 4.79 Å². The Morgan fingerprint density at radius 3 is 2.17 bits per heavy atom. The highest BCUT2D eigenvalue weighted by Gasteiger charge is 2.26. The minimum Gasteiger partial charge on any atom is -0.451 e. The number of morpholine rings is 1. The highest BCUT2D eigenvalue weighted by Crippen LogP contribution is 2.34.